The standard InChI is InChI=1S/C13H22N2O2/c1-6-8-12(4)14-10-15(5)9-11(3)13(16)17-7-2/h6,8,10-11H,1,7,9H2,2-5H3/b12-8+,14-10-. The Hall–Kier alpha value is -1.58. The molecule has 0 bridgehead atoms. The van der Waals surface area contributed by atoms with Gasteiger partial charge < -0.3 is 9.64 Å². The van der Waals surface area contributed by atoms with Gasteiger partial charge in [-0.15, -0.1) is 0 Å². The Bertz CT molecular complexity index is 309. The second-order valence-electron chi connectivity index (χ2n) is 3.88. The molecule has 96 valence electrons. The van der Waals surface area contributed by atoms with Crippen LogP contribution < -0.4 is 0 Å². The van der Waals surface area contributed by atoms with Gasteiger partial charge >= 0.3 is 5.97 Å². The predicted molar refractivity (Wildman–Crippen MR) is 70.9 cm³/mol. The molecule has 0 aliphatic heterocycles. The monoisotopic (exact) mass is 238 g/mol. The first-order valence-electron chi connectivity index (χ1n) is 5.71. The first-order valence-corrected chi connectivity index (χ1v) is 5.71. The molecule has 0 aromatic heterocycles. The van der Waals surface area contributed by atoms with E-state index in [4.69, 9.17) is 4.74 Å². The minimum Gasteiger partial charge on any atom is -0.466 e. The normalized spacial score (nSPS) is 13.5. The van der Waals surface area contributed by atoms with Gasteiger partial charge in [-0.1, -0.05) is 19.6 Å². The molecule has 4 nitrogen and oxygen atoms in total. The number of rotatable bonds is 7. The summed E-state index contributed by atoms with van der Waals surface area (Å²) in [4.78, 5) is 17.5. The molecule has 0 amide bonds. The molecule has 0 fully saturated rings. The molecule has 17 heavy (non-hydrogen) atoms. The highest BCUT2D eigenvalue weighted by atomic mass is 16.5. The van der Waals surface area contributed by atoms with E-state index in [0.29, 0.717) is 13.2 Å². The summed E-state index contributed by atoms with van der Waals surface area (Å²) in [6, 6.07) is 0. The van der Waals surface area contributed by atoms with Crippen LogP contribution in [0.5, 0.6) is 0 Å². The summed E-state index contributed by atoms with van der Waals surface area (Å²) >= 11 is 0. The van der Waals surface area contributed by atoms with Crippen LogP contribution >= 0.6 is 0 Å². The number of esters is 1. The van der Waals surface area contributed by atoms with Gasteiger partial charge in [0, 0.05) is 19.3 Å². The zero-order valence-electron chi connectivity index (χ0n) is 11.1. The van der Waals surface area contributed by atoms with E-state index >= 15 is 0 Å². The number of hydrogen-bond acceptors (Lipinski definition) is 3. The van der Waals surface area contributed by atoms with Gasteiger partial charge in [0.15, 0.2) is 0 Å². The lowest BCUT2D eigenvalue weighted by molar-refractivity contribution is -0.147. The molecule has 1 unspecified atom stereocenters. The van der Waals surface area contributed by atoms with Crippen LogP contribution in [0.1, 0.15) is 20.8 Å². The van der Waals surface area contributed by atoms with E-state index in [2.05, 4.69) is 11.6 Å². The first-order chi connectivity index (χ1) is 8.01. The van der Waals surface area contributed by atoms with Crippen LogP contribution in [0.2, 0.25) is 0 Å². The number of carbonyl (C=O) groups excluding carboxylic acids is 1. The lowest BCUT2D eigenvalue weighted by Crippen LogP contribution is -2.29. The Balaban J connectivity index is 4.17. The molecule has 0 radical (unpaired) electrons. The lowest BCUT2D eigenvalue weighted by Gasteiger charge is -2.17. The minimum absolute atomic E-state index is 0.157. The van der Waals surface area contributed by atoms with E-state index in [1.54, 1.807) is 19.3 Å². The van der Waals surface area contributed by atoms with Crippen LogP contribution in [0.4, 0.5) is 0 Å². The second-order valence-corrected chi connectivity index (χ2v) is 3.88. The van der Waals surface area contributed by atoms with Crippen molar-refractivity contribution in [2.45, 2.75) is 20.8 Å². The highest BCUT2D eigenvalue weighted by molar-refractivity contribution is 5.72. The van der Waals surface area contributed by atoms with Crippen molar-refractivity contribution in [3.05, 3.63) is 24.4 Å². The predicted octanol–water partition coefficient (Wildman–Crippen LogP) is 2.24. The molecule has 0 heterocycles. The molecule has 0 N–H and O–H groups in total. The van der Waals surface area contributed by atoms with E-state index in [1.165, 1.54) is 0 Å². The maximum Gasteiger partial charge on any atom is 0.310 e. The van der Waals surface area contributed by atoms with Crippen molar-refractivity contribution in [3.8, 4) is 0 Å². The molecule has 0 saturated carbocycles. The molecule has 1 atom stereocenters. The average Bonchev–Trinajstić information content (AvgIpc) is 2.27. The van der Waals surface area contributed by atoms with Crippen molar-refractivity contribution in [1.82, 2.24) is 4.90 Å². The summed E-state index contributed by atoms with van der Waals surface area (Å²) in [7, 11) is 1.88. The van der Waals surface area contributed by atoms with Gasteiger partial charge in [-0.05, 0) is 19.9 Å². The van der Waals surface area contributed by atoms with E-state index in [-0.39, 0.29) is 11.9 Å². The van der Waals surface area contributed by atoms with Crippen LogP contribution in [-0.2, 0) is 9.53 Å². The Morgan fingerprint density at radius 3 is 2.76 bits per heavy atom. The van der Waals surface area contributed by atoms with Crippen molar-refractivity contribution in [2.24, 2.45) is 10.9 Å². The Morgan fingerprint density at radius 2 is 2.24 bits per heavy atom. The van der Waals surface area contributed by atoms with Gasteiger partial charge in [-0.2, -0.15) is 0 Å². The van der Waals surface area contributed by atoms with Crippen LogP contribution in [-0.4, -0.2) is 37.4 Å². The van der Waals surface area contributed by atoms with Gasteiger partial charge in [0.05, 0.1) is 18.9 Å². The smallest absolute Gasteiger partial charge is 0.310 e. The summed E-state index contributed by atoms with van der Waals surface area (Å²) in [5.41, 5.74) is 0.871. The van der Waals surface area contributed by atoms with Crippen molar-refractivity contribution in [3.63, 3.8) is 0 Å². The minimum atomic E-state index is -0.175. The molecular formula is C13H22N2O2. The third-order valence-corrected chi connectivity index (χ3v) is 2.07. The van der Waals surface area contributed by atoms with Crippen LogP contribution in [0.15, 0.2) is 29.4 Å². The highest BCUT2D eigenvalue weighted by Crippen LogP contribution is 2.01. The van der Waals surface area contributed by atoms with E-state index in [1.807, 2.05) is 31.9 Å². The third kappa shape index (κ3) is 7.33. The van der Waals surface area contributed by atoms with E-state index < -0.39 is 0 Å². The number of allylic oxidation sites excluding steroid dienone is 3. The SMILES string of the molecule is C=C/C=C(C)/N=C\N(C)CC(C)C(=O)OCC. The molecule has 0 aliphatic carbocycles. The van der Waals surface area contributed by atoms with Gasteiger partial charge in [0.25, 0.3) is 0 Å². The zero-order chi connectivity index (χ0) is 13.3. The maximum absolute atomic E-state index is 11.4. The summed E-state index contributed by atoms with van der Waals surface area (Å²) in [5, 5.41) is 0. The van der Waals surface area contributed by atoms with E-state index in [0.717, 1.165) is 5.70 Å². The molecule has 0 spiro atoms. The number of hydrogen-bond donors (Lipinski definition) is 0. The Kier molecular flexibility index (Phi) is 7.76. The van der Waals surface area contributed by atoms with Gasteiger partial charge in [0.1, 0.15) is 0 Å². The number of carbonyl (C=O) groups is 1. The molecule has 0 saturated heterocycles. The van der Waals surface area contributed by atoms with E-state index in [9.17, 15) is 4.79 Å². The molecular weight excluding hydrogens is 216 g/mol. The topological polar surface area (TPSA) is 41.9 Å². The van der Waals surface area contributed by atoms with Crippen molar-refractivity contribution in [1.29, 1.82) is 0 Å². The molecule has 0 aromatic carbocycles. The number of aliphatic imine (C=N–C) groups is 1. The fourth-order valence-corrected chi connectivity index (χ4v) is 1.24. The Labute approximate surface area is 104 Å². The lowest BCUT2D eigenvalue weighted by atomic mass is 10.2. The Morgan fingerprint density at radius 1 is 1.59 bits per heavy atom. The second kappa shape index (κ2) is 8.56. The van der Waals surface area contributed by atoms with Crippen molar-refractivity contribution >= 4 is 12.3 Å². The zero-order valence-corrected chi connectivity index (χ0v) is 11.1. The van der Waals surface area contributed by atoms with Crippen LogP contribution in [0.25, 0.3) is 0 Å². The number of nitrogens with zero attached hydrogens (tertiary/aromatic N) is 2. The fourth-order valence-electron chi connectivity index (χ4n) is 1.24. The molecule has 4 heteroatoms. The highest BCUT2D eigenvalue weighted by Gasteiger charge is 2.14. The van der Waals surface area contributed by atoms with Gasteiger partial charge in [-0.3, -0.25) is 4.79 Å². The van der Waals surface area contributed by atoms with Crippen LogP contribution in [0.3, 0.4) is 0 Å². The number of ether oxygens (including phenoxy) is 1. The summed E-state index contributed by atoms with van der Waals surface area (Å²) in [6.07, 6.45) is 5.21. The molecule has 0 aromatic rings. The van der Waals surface area contributed by atoms with Gasteiger partial charge in [0.2, 0.25) is 0 Å². The molecule has 0 aliphatic rings. The fraction of sp³-hybridized carbons (Fsp3) is 0.538. The third-order valence-electron chi connectivity index (χ3n) is 2.07. The molecule has 0 rings (SSSR count). The van der Waals surface area contributed by atoms with Crippen molar-refractivity contribution in [2.75, 3.05) is 20.2 Å². The summed E-state index contributed by atoms with van der Waals surface area (Å²) < 4.78 is 4.93. The van der Waals surface area contributed by atoms with Gasteiger partial charge in [-0.25, -0.2) is 4.99 Å². The quantitative estimate of drug-likeness (QED) is 0.295. The summed E-state index contributed by atoms with van der Waals surface area (Å²) in [6.45, 7) is 10.1. The maximum atomic E-state index is 11.4. The van der Waals surface area contributed by atoms with Crippen molar-refractivity contribution < 1.29 is 9.53 Å². The van der Waals surface area contributed by atoms with Crippen LogP contribution in [0, 0.1) is 5.92 Å². The summed E-state index contributed by atoms with van der Waals surface area (Å²) in [5.74, 6) is -0.332. The largest absolute Gasteiger partial charge is 0.466 e. The first kappa shape index (κ1) is 15.4. The average molecular weight is 238 g/mol.